The topological polar surface area (TPSA) is 64.9 Å². The number of benzene rings is 1. The van der Waals surface area contributed by atoms with Crippen LogP contribution in [0.3, 0.4) is 0 Å². The van der Waals surface area contributed by atoms with Crippen LogP contribution in [0.5, 0.6) is 0 Å². The normalized spacial score (nSPS) is 11.9. The number of hydrogen-bond acceptors (Lipinski definition) is 4. The number of anilines is 1. The largest absolute Gasteiger partial charge is 0.478 e. The van der Waals surface area contributed by atoms with Crippen LogP contribution in [0.15, 0.2) is 29.3 Å². The third-order valence-corrected chi connectivity index (χ3v) is 2.45. The average molecular weight is 279 g/mol. The minimum Gasteiger partial charge on any atom is -0.478 e. The molecule has 0 fully saturated rings. The van der Waals surface area contributed by atoms with Gasteiger partial charge in [-0.05, 0) is 18.2 Å². The zero-order chi connectivity index (χ0) is 15.5. The van der Waals surface area contributed by atoms with Crippen molar-refractivity contribution in [3.05, 3.63) is 29.8 Å². The van der Waals surface area contributed by atoms with E-state index in [4.69, 9.17) is 5.11 Å². The van der Waals surface area contributed by atoms with Gasteiger partial charge in [0.1, 0.15) is 0 Å². The lowest BCUT2D eigenvalue weighted by molar-refractivity contribution is 0.0697. The van der Waals surface area contributed by atoms with Crippen LogP contribution < -0.4 is 10.2 Å². The van der Waals surface area contributed by atoms with Crippen molar-refractivity contribution in [1.82, 2.24) is 5.32 Å². The van der Waals surface area contributed by atoms with Gasteiger partial charge in [-0.15, -0.1) is 0 Å². The predicted molar refractivity (Wildman–Crippen MR) is 84.8 cm³/mol. The van der Waals surface area contributed by atoms with Crippen molar-refractivity contribution in [2.24, 2.45) is 4.99 Å². The lowest BCUT2D eigenvalue weighted by Crippen LogP contribution is -2.35. The maximum Gasteiger partial charge on any atom is 0.335 e. The molecule has 1 heterocycles. The third-order valence-electron chi connectivity index (χ3n) is 2.45. The van der Waals surface area contributed by atoms with Crippen molar-refractivity contribution >= 4 is 17.6 Å². The van der Waals surface area contributed by atoms with E-state index in [0.29, 0.717) is 0 Å². The second-order valence-corrected chi connectivity index (χ2v) is 3.55. The van der Waals surface area contributed by atoms with E-state index in [1.54, 1.807) is 18.2 Å². The highest BCUT2D eigenvalue weighted by Crippen LogP contribution is 2.15. The van der Waals surface area contributed by atoms with Gasteiger partial charge in [0, 0.05) is 19.3 Å². The van der Waals surface area contributed by atoms with Crippen LogP contribution in [-0.2, 0) is 0 Å². The van der Waals surface area contributed by atoms with E-state index in [1.165, 1.54) is 0 Å². The van der Waals surface area contributed by atoms with Gasteiger partial charge in [-0.25, -0.2) is 4.79 Å². The molecule has 1 aromatic rings. The third kappa shape index (κ3) is 4.91. The van der Waals surface area contributed by atoms with Gasteiger partial charge >= 0.3 is 5.97 Å². The summed E-state index contributed by atoms with van der Waals surface area (Å²) in [7, 11) is 1.86. The van der Waals surface area contributed by atoms with E-state index in [-0.39, 0.29) is 5.56 Å². The summed E-state index contributed by atoms with van der Waals surface area (Å²) < 4.78 is 0. The molecule has 1 aromatic carbocycles. The first-order chi connectivity index (χ1) is 9.68. The fourth-order valence-electron chi connectivity index (χ4n) is 1.58. The SMILES string of the molecule is CC.CC.CN(C1=NCCN1)c1cccc(C(=O)O)c1. The molecule has 0 aromatic heterocycles. The Kier molecular flexibility index (Phi) is 8.83. The zero-order valence-corrected chi connectivity index (χ0v) is 13.0. The van der Waals surface area contributed by atoms with E-state index < -0.39 is 5.97 Å². The maximum atomic E-state index is 10.8. The smallest absolute Gasteiger partial charge is 0.335 e. The number of carboxylic acid groups (broad SMARTS) is 1. The Morgan fingerprint density at radius 2 is 1.95 bits per heavy atom. The van der Waals surface area contributed by atoms with Gasteiger partial charge in [-0.1, -0.05) is 33.8 Å². The van der Waals surface area contributed by atoms with E-state index in [9.17, 15) is 4.79 Å². The van der Waals surface area contributed by atoms with Crippen LogP contribution in [0, 0.1) is 0 Å². The standard InChI is InChI=1S/C11H13N3O2.2C2H6/c1-14(11-12-5-6-13-11)9-4-2-3-8(7-9)10(15)16;2*1-2/h2-4,7H,5-6H2,1H3,(H,12,13)(H,15,16);2*1-2H3. The highest BCUT2D eigenvalue weighted by atomic mass is 16.4. The first-order valence-electron chi connectivity index (χ1n) is 7.04. The second kappa shape index (κ2) is 9.83. The summed E-state index contributed by atoms with van der Waals surface area (Å²) in [6.07, 6.45) is 0. The number of carboxylic acids is 1. The quantitative estimate of drug-likeness (QED) is 0.873. The molecule has 0 unspecified atom stereocenters. The summed E-state index contributed by atoms with van der Waals surface area (Å²) in [5.74, 6) is -0.140. The molecule has 0 aliphatic carbocycles. The van der Waals surface area contributed by atoms with Crippen LogP contribution in [-0.4, -0.2) is 37.2 Å². The van der Waals surface area contributed by atoms with Crippen molar-refractivity contribution in [3.8, 4) is 0 Å². The molecule has 20 heavy (non-hydrogen) atoms. The Labute approximate surface area is 121 Å². The van der Waals surface area contributed by atoms with Gasteiger partial charge in [0.05, 0.1) is 12.1 Å². The van der Waals surface area contributed by atoms with Crippen LogP contribution in [0.25, 0.3) is 0 Å². The highest BCUT2D eigenvalue weighted by Gasteiger charge is 2.13. The molecule has 0 saturated carbocycles. The minimum atomic E-state index is -0.920. The molecule has 0 bridgehead atoms. The lowest BCUT2D eigenvalue weighted by Gasteiger charge is -2.19. The number of nitrogens with zero attached hydrogens (tertiary/aromatic N) is 2. The molecule has 5 heteroatoms. The minimum absolute atomic E-state index is 0.281. The molecule has 0 atom stereocenters. The summed E-state index contributed by atoms with van der Waals surface area (Å²) >= 11 is 0. The lowest BCUT2D eigenvalue weighted by atomic mass is 10.2. The molecule has 2 N–H and O–H groups in total. The van der Waals surface area contributed by atoms with E-state index >= 15 is 0 Å². The second-order valence-electron chi connectivity index (χ2n) is 3.55. The van der Waals surface area contributed by atoms with E-state index in [0.717, 1.165) is 24.7 Å². The van der Waals surface area contributed by atoms with Crippen LogP contribution in [0.2, 0.25) is 0 Å². The van der Waals surface area contributed by atoms with Gasteiger partial charge in [-0.3, -0.25) is 4.99 Å². The Morgan fingerprint density at radius 1 is 1.30 bits per heavy atom. The molecule has 5 nitrogen and oxygen atoms in total. The number of guanidine groups is 1. The van der Waals surface area contributed by atoms with Gasteiger partial charge < -0.3 is 15.3 Å². The summed E-state index contributed by atoms with van der Waals surface area (Å²) in [5.41, 5.74) is 1.09. The number of nitrogens with one attached hydrogen (secondary N) is 1. The maximum absolute atomic E-state index is 10.8. The Balaban J connectivity index is 0.000000829. The first kappa shape index (κ1) is 18.0. The van der Waals surface area contributed by atoms with Crippen LogP contribution in [0.4, 0.5) is 5.69 Å². The first-order valence-corrected chi connectivity index (χ1v) is 7.04. The molecule has 1 aliphatic rings. The Bertz CT molecular complexity index is 444. The zero-order valence-electron chi connectivity index (χ0n) is 13.0. The van der Waals surface area contributed by atoms with Crippen molar-refractivity contribution in [1.29, 1.82) is 0 Å². The van der Waals surface area contributed by atoms with Crippen molar-refractivity contribution in [2.45, 2.75) is 27.7 Å². The van der Waals surface area contributed by atoms with Crippen LogP contribution >= 0.6 is 0 Å². The molecule has 0 radical (unpaired) electrons. The summed E-state index contributed by atoms with van der Waals surface area (Å²) in [6.45, 7) is 9.59. The molecule has 1 aliphatic heterocycles. The van der Waals surface area contributed by atoms with Gasteiger partial charge in [0.2, 0.25) is 0 Å². The van der Waals surface area contributed by atoms with Crippen molar-refractivity contribution in [2.75, 3.05) is 25.0 Å². The number of aromatic carboxylic acids is 1. The molecule has 0 spiro atoms. The van der Waals surface area contributed by atoms with Gasteiger partial charge in [0.15, 0.2) is 5.96 Å². The number of hydrogen-bond donors (Lipinski definition) is 2. The summed E-state index contributed by atoms with van der Waals surface area (Å²) in [5, 5.41) is 12.0. The number of carbonyl (C=O) groups is 1. The summed E-state index contributed by atoms with van der Waals surface area (Å²) in [6, 6.07) is 6.79. The number of aliphatic imine (C=N–C) groups is 1. The summed E-state index contributed by atoms with van der Waals surface area (Å²) in [4.78, 5) is 16.9. The Hall–Kier alpha value is -2.04. The molecule has 0 saturated heterocycles. The molecular weight excluding hydrogens is 254 g/mol. The fraction of sp³-hybridized carbons (Fsp3) is 0.467. The molecule has 2 rings (SSSR count). The van der Waals surface area contributed by atoms with Crippen LogP contribution in [0.1, 0.15) is 38.1 Å². The molecule has 0 amide bonds. The monoisotopic (exact) mass is 279 g/mol. The predicted octanol–water partition coefficient (Wildman–Crippen LogP) is 2.83. The van der Waals surface area contributed by atoms with E-state index in [1.807, 2.05) is 45.7 Å². The fourth-order valence-corrected chi connectivity index (χ4v) is 1.58. The van der Waals surface area contributed by atoms with Crippen molar-refractivity contribution in [3.63, 3.8) is 0 Å². The number of rotatable bonds is 2. The Morgan fingerprint density at radius 3 is 2.45 bits per heavy atom. The van der Waals surface area contributed by atoms with E-state index in [2.05, 4.69) is 10.3 Å². The van der Waals surface area contributed by atoms with Gasteiger partial charge in [-0.2, -0.15) is 0 Å². The molecular formula is C15H25N3O2. The van der Waals surface area contributed by atoms with Gasteiger partial charge in [0.25, 0.3) is 0 Å². The highest BCUT2D eigenvalue weighted by molar-refractivity contribution is 5.98. The average Bonchev–Trinajstić information content (AvgIpc) is 3.05. The molecule has 112 valence electrons. The van der Waals surface area contributed by atoms with Crippen molar-refractivity contribution < 1.29 is 9.90 Å².